The first-order valence-corrected chi connectivity index (χ1v) is 6.93. The number of nitrogens with one attached hydrogen (secondary N) is 1. The smallest absolute Gasteiger partial charge is 0.131 e. The van der Waals surface area contributed by atoms with E-state index in [-0.39, 0.29) is 18.0 Å². The first-order valence-electron chi connectivity index (χ1n) is 6.93. The third-order valence-corrected chi connectivity index (χ3v) is 3.56. The van der Waals surface area contributed by atoms with Gasteiger partial charge in [-0.25, -0.2) is 4.39 Å². The van der Waals surface area contributed by atoms with E-state index in [2.05, 4.69) is 5.32 Å². The fraction of sp³-hybridized carbons (Fsp3) is 0.600. The second-order valence-corrected chi connectivity index (χ2v) is 4.87. The summed E-state index contributed by atoms with van der Waals surface area (Å²) in [5, 5.41) is 3.34. The van der Waals surface area contributed by atoms with Gasteiger partial charge in [-0.2, -0.15) is 0 Å². The van der Waals surface area contributed by atoms with E-state index in [4.69, 9.17) is 9.47 Å². The molecule has 1 aromatic rings. The summed E-state index contributed by atoms with van der Waals surface area (Å²) in [6, 6.07) is 5.04. The van der Waals surface area contributed by atoms with Gasteiger partial charge in [0.15, 0.2) is 0 Å². The molecule has 1 fully saturated rings. The predicted molar refractivity (Wildman–Crippen MR) is 73.0 cm³/mol. The maximum absolute atomic E-state index is 14.1. The summed E-state index contributed by atoms with van der Waals surface area (Å²) in [6.45, 7) is 3.67. The molecule has 1 aliphatic heterocycles. The molecule has 0 aliphatic carbocycles. The number of hydrogen-bond donors (Lipinski definition) is 1. The maximum atomic E-state index is 14.1. The molecular weight excluding hydrogens is 245 g/mol. The van der Waals surface area contributed by atoms with E-state index in [0.29, 0.717) is 11.3 Å². The first kappa shape index (κ1) is 14.3. The Labute approximate surface area is 114 Å². The quantitative estimate of drug-likeness (QED) is 0.859. The summed E-state index contributed by atoms with van der Waals surface area (Å²) in [5.74, 6) is 0.330. The summed E-state index contributed by atoms with van der Waals surface area (Å²) in [7, 11) is 1.54. The zero-order valence-electron chi connectivity index (χ0n) is 11.6. The van der Waals surface area contributed by atoms with Crippen molar-refractivity contribution in [3.63, 3.8) is 0 Å². The molecule has 1 N–H and O–H groups in total. The van der Waals surface area contributed by atoms with Crippen LogP contribution in [-0.2, 0) is 4.74 Å². The number of halogens is 1. The molecule has 0 aromatic heterocycles. The predicted octanol–water partition coefficient (Wildman–Crippen LogP) is 3.05. The molecule has 0 radical (unpaired) electrons. The third-order valence-electron chi connectivity index (χ3n) is 3.56. The second-order valence-electron chi connectivity index (χ2n) is 4.87. The minimum Gasteiger partial charge on any atom is -0.497 e. The molecule has 1 heterocycles. The van der Waals surface area contributed by atoms with Crippen LogP contribution in [0, 0.1) is 5.82 Å². The second kappa shape index (κ2) is 6.87. The van der Waals surface area contributed by atoms with Gasteiger partial charge in [0.05, 0.1) is 13.2 Å². The molecule has 4 heteroatoms. The Morgan fingerprint density at radius 3 is 2.95 bits per heavy atom. The van der Waals surface area contributed by atoms with Crippen LogP contribution in [0.4, 0.5) is 4.39 Å². The van der Waals surface area contributed by atoms with Crippen molar-refractivity contribution in [1.82, 2.24) is 5.32 Å². The van der Waals surface area contributed by atoms with Gasteiger partial charge < -0.3 is 14.8 Å². The Bertz CT molecular complexity index is 405. The molecule has 2 atom stereocenters. The van der Waals surface area contributed by atoms with Crippen molar-refractivity contribution in [2.75, 3.05) is 20.3 Å². The van der Waals surface area contributed by atoms with Gasteiger partial charge in [0.1, 0.15) is 11.6 Å². The van der Waals surface area contributed by atoms with E-state index in [0.717, 1.165) is 32.4 Å². The van der Waals surface area contributed by atoms with Gasteiger partial charge in [-0.05, 0) is 31.9 Å². The van der Waals surface area contributed by atoms with E-state index >= 15 is 0 Å². The lowest BCUT2D eigenvalue weighted by atomic mass is 9.98. The average molecular weight is 267 g/mol. The highest BCUT2D eigenvalue weighted by molar-refractivity contribution is 5.31. The lowest BCUT2D eigenvalue weighted by Crippen LogP contribution is -2.26. The fourth-order valence-electron chi connectivity index (χ4n) is 2.58. The van der Waals surface area contributed by atoms with Crippen LogP contribution in [0.1, 0.15) is 37.8 Å². The fourth-order valence-corrected chi connectivity index (χ4v) is 2.58. The summed E-state index contributed by atoms with van der Waals surface area (Å²) in [5.41, 5.74) is 0.693. The van der Waals surface area contributed by atoms with Crippen molar-refractivity contribution in [1.29, 1.82) is 0 Å². The highest BCUT2D eigenvalue weighted by Crippen LogP contribution is 2.28. The summed E-state index contributed by atoms with van der Waals surface area (Å²) < 4.78 is 24.8. The molecule has 2 unspecified atom stereocenters. The summed E-state index contributed by atoms with van der Waals surface area (Å²) >= 11 is 0. The number of methoxy groups -OCH3 is 1. The highest BCUT2D eigenvalue weighted by Gasteiger charge is 2.23. The summed E-state index contributed by atoms with van der Waals surface area (Å²) in [6.07, 6.45) is 3.23. The standard InChI is InChI=1S/C15H22FNO2/c1-3-17-15(10-12-5-4-8-19-12)13-7-6-11(18-2)9-14(13)16/h6-7,9,12,15,17H,3-5,8,10H2,1-2H3. The minimum atomic E-state index is -0.219. The molecule has 19 heavy (non-hydrogen) atoms. The number of benzene rings is 1. The Morgan fingerprint density at radius 2 is 2.37 bits per heavy atom. The maximum Gasteiger partial charge on any atom is 0.131 e. The summed E-state index contributed by atoms with van der Waals surface area (Å²) in [4.78, 5) is 0. The monoisotopic (exact) mass is 267 g/mol. The molecule has 1 aromatic carbocycles. The molecule has 1 saturated heterocycles. The van der Waals surface area contributed by atoms with Crippen LogP contribution in [0.5, 0.6) is 5.75 Å². The molecular formula is C15H22FNO2. The van der Waals surface area contributed by atoms with E-state index < -0.39 is 0 Å². The van der Waals surface area contributed by atoms with E-state index in [1.165, 1.54) is 6.07 Å². The number of ether oxygens (including phenoxy) is 2. The molecule has 0 amide bonds. The van der Waals surface area contributed by atoms with E-state index in [1.54, 1.807) is 19.2 Å². The van der Waals surface area contributed by atoms with Crippen molar-refractivity contribution < 1.29 is 13.9 Å². The van der Waals surface area contributed by atoms with Crippen molar-refractivity contribution in [2.45, 2.75) is 38.3 Å². The van der Waals surface area contributed by atoms with Crippen LogP contribution in [0.25, 0.3) is 0 Å². The average Bonchev–Trinajstić information content (AvgIpc) is 2.91. The van der Waals surface area contributed by atoms with Crippen molar-refractivity contribution >= 4 is 0 Å². The van der Waals surface area contributed by atoms with Crippen LogP contribution >= 0.6 is 0 Å². The zero-order chi connectivity index (χ0) is 13.7. The molecule has 2 rings (SSSR count). The number of rotatable bonds is 6. The van der Waals surface area contributed by atoms with Gasteiger partial charge in [0.2, 0.25) is 0 Å². The van der Waals surface area contributed by atoms with Gasteiger partial charge in [-0.3, -0.25) is 0 Å². The van der Waals surface area contributed by atoms with Gasteiger partial charge in [-0.15, -0.1) is 0 Å². The molecule has 0 spiro atoms. The Hall–Kier alpha value is -1.13. The van der Waals surface area contributed by atoms with Gasteiger partial charge in [0, 0.05) is 24.3 Å². The molecule has 106 valence electrons. The van der Waals surface area contributed by atoms with Crippen LogP contribution in [-0.4, -0.2) is 26.4 Å². The van der Waals surface area contributed by atoms with Crippen LogP contribution in [0.2, 0.25) is 0 Å². The third kappa shape index (κ3) is 3.67. The lowest BCUT2D eigenvalue weighted by molar-refractivity contribution is 0.0944. The van der Waals surface area contributed by atoms with E-state index in [9.17, 15) is 4.39 Å². The topological polar surface area (TPSA) is 30.5 Å². The Kier molecular flexibility index (Phi) is 5.16. The zero-order valence-corrected chi connectivity index (χ0v) is 11.6. The van der Waals surface area contributed by atoms with Crippen LogP contribution in [0.3, 0.4) is 0 Å². The molecule has 1 aliphatic rings. The van der Waals surface area contributed by atoms with Gasteiger partial charge >= 0.3 is 0 Å². The molecule has 0 bridgehead atoms. The largest absolute Gasteiger partial charge is 0.497 e. The SMILES string of the molecule is CCNC(CC1CCCO1)c1ccc(OC)cc1F. The van der Waals surface area contributed by atoms with Crippen molar-refractivity contribution in [3.05, 3.63) is 29.6 Å². The van der Waals surface area contributed by atoms with Gasteiger partial charge in [0.25, 0.3) is 0 Å². The van der Waals surface area contributed by atoms with Crippen LogP contribution < -0.4 is 10.1 Å². The highest BCUT2D eigenvalue weighted by atomic mass is 19.1. The van der Waals surface area contributed by atoms with Crippen LogP contribution in [0.15, 0.2) is 18.2 Å². The normalized spacial score (nSPS) is 20.5. The minimum absolute atomic E-state index is 0.000920. The first-order chi connectivity index (χ1) is 9.24. The Morgan fingerprint density at radius 1 is 1.53 bits per heavy atom. The lowest BCUT2D eigenvalue weighted by Gasteiger charge is -2.22. The molecule has 0 saturated carbocycles. The van der Waals surface area contributed by atoms with Crippen molar-refractivity contribution in [2.24, 2.45) is 0 Å². The Balaban J connectivity index is 2.12. The van der Waals surface area contributed by atoms with Crippen molar-refractivity contribution in [3.8, 4) is 5.75 Å². The molecule has 3 nitrogen and oxygen atoms in total. The van der Waals surface area contributed by atoms with Gasteiger partial charge in [-0.1, -0.05) is 13.0 Å². The number of hydrogen-bond acceptors (Lipinski definition) is 3. The van der Waals surface area contributed by atoms with E-state index in [1.807, 2.05) is 6.92 Å².